The maximum Gasteiger partial charge on any atom is 0.258 e. The number of aryl methyl sites for hydroxylation is 2. The average molecular weight is 350 g/mol. The lowest BCUT2D eigenvalue weighted by molar-refractivity contribution is -0.123. The molecule has 1 amide bonds. The van der Waals surface area contributed by atoms with E-state index in [0.29, 0.717) is 12.3 Å². The first-order valence-electron chi connectivity index (χ1n) is 8.64. The molecule has 0 atom stereocenters. The zero-order valence-electron chi connectivity index (χ0n) is 15.0. The van der Waals surface area contributed by atoms with Crippen LogP contribution in [0.3, 0.4) is 0 Å². The van der Waals surface area contributed by atoms with Crippen molar-refractivity contribution in [1.82, 2.24) is 9.88 Å². The van der Waals surface area contributed by atoms with E-state index in [1.807, 2.05) is 36.4 Å². The molecule has 0 saturated carbocycles. The van der Waals surface area contributed by atoms with Crippen LogP contribution in [0, 0.1) is 0 Å². The normalized spacial score (nSPS) is 10.7. The highest BCUT2D eigenvalue weighted by Gasteiger charge is 2.09. The molecule has 2 aromatic carbocycles. The molecule has 1 N–H and O–H groups in total. The summed E-state index contributed by atoms with van der Waals surface area (Å²) in [6, 6.07) is 17.0. The number of fused-ring (bicyclic) bond motifs is 1. The van der Waals surface area contributed by atoms with Crippen LogP contribution in [-0.2, 0) is 24.8 Å². The number of benzene rings is 2. The number of hydrogen-bond acceptors (Lipinski definition) is 3. The molecule has 26 heavy (non-hydrogen) atoms. The van der Waals surface area contributed by atoms with Gasteiger partial charge in [-0.2, -0.15) is 0 Å². The number of amides is 1. The topological polar surface area (TPSA) is 60.3 Å². The molecular formula is C21H22N2O3. The predicted molar refractivity (Wildman–Crippen MR) is 102 cm³/mol. The standard InChI is InChI=1S/C21H22N2O3/c1-3-15-8-10-16(11-9-15)13-22-20(24)14-26-19-12-21(25)23(2)18-7-5-4-6-17(18)19/h4-12H,3,13-14H2,1-2H3,(H,22,24). The molecular weight excluding hydrogens is 328 g/mol. The first kappa shape index (κ1) is 17.7. The molecule has 0 spiro atoms. The number of para-hydroxylation sites is 1. The van der Waals surface area contributed by atoms with E-state index < -0.39 is 0 Å². The zero-order valence-corrected chi connectivity index (χ0v) is 15.0. The highest BCUT2D eigenvalue weighted by molar-refractivity contribution is 5.86. The maximum absolute atomic E-state index is 12.1. The van der Waals surface area contributed by atoms with Crippen LogP contribution >= 0.6 is 0 Å². The maximum atomic E-state index is 12.1. The number of nitrogens with zero attached hydrogens (tertiary/aromatic N) is 1. The molecule has 0 fully saturated rings. The minimum absolute atomic E-state index is 0.135. The summed E-state index contributed by atoms with van der Waals surface area (Å²) in [4.78, 5) is 24.1. The van der Waals surface area contributed by atoms with Gasteiger partial charge in [-0.05, 0) is 29.7 Å². The van der Waals surface area contributed by atoms with Crippen molar-refractivity contribution in [3.63, 3.8) is 0 Å². The first-order valence-corrected chi connectivity index (χ1v) is 8.64. The molecule has 5 nitrogen and oxygen atoms in total. The van der Waals surface area contributed by atoms with E-state index in [0.717, 1.165) is 22.9 Å². The summed E-state index contributed by atoms with van der Waals surface area (Å²) in [6.07, 6.45) is 0.991. The zero-order chi connectivity index (χ0) is 18.5. The Labute approximate surface area is 152 Å². The van der Waals surface area contributed by atoms with Gasteiger partial charge in [0.1, 0.15) is 5.75 Å². The Balaban J connectivity index is 1.63. The molecule has 3 rings (SSSR count). The summed E-state index contributed by atoms with van der Waals surface area (Å²) in [6.45, 7) is 2.42. The number of nitrogens with one attached hydrogen (secondary N) is 1. The van der Waals surface area contributed by atoms with E-state index in [9.17, 15) is 9.59 Å². The van der Waals surface area contributed by atoms with Gasteiger partial charge in [0.2, 0.25) is 0 Å². The minimum Gasteiger partial charge on any atom is -0.483 e. The monoisotopic (exact) mass is 350 g/mol. The van der Waals surface area contributed by atoms with Gasteiger partial charge in [0.25, 0.3) is 11.5 Å². The summed E-state index contributed by atoms with van der Waals surface area (Å²) < 4.78 is 7.17. The van der Waals surface area contributed by atoms with Gasteiger partial charge in [-0.15, -0.1) is 0 Å². The fourth-order valence-electron chi connectivity index (χ4n) is 2.79. The summed E-state index contributed by atoms with van der Waals surface area (Å²) in [5.74, 6) is 0.195. The quantitative estimate of drug-likeness (QED) is 0.744. The Hall–Kier alpha value is -3.08. The Kier molecular flexibility index (Phi) is 5.37. The highest BCUT2D eigenvalue weighted by atomic mass is 16.5. The van der Waals surface area contributed by atoms with Crippen molar-refractivity contribution in [2.45, 2.75) is 19.9 Å². The van der Waals surface area contributed by atoms with E-state index in [2.05, 4.69) is 24.4 Å². The third-order valence-corrected chi connectivity index (χ3v) is 4.40. The Morgan fingerprint density at radius 3 is 2.50 bits per heavy atom. The molecule has 0 unspecified atom stereocenters. The number of pyridine rings is 1. The van der Waals surface area contributed by atoms with Crippen molar-refractivity contribution in [3.8, 4) is 5.75 Å². The molecule has 0 aliphatic heterocycles. The molecule has 0 aliphatic carbocycles. The summed E-state index contributed by atoms with van der Waals surface area (Å²) in [5, 5.41) is 3.64. The molecule has 1 aromatic heterocycles. The van der Waals surface area contributed by atoms with E-state index in [1.165, 1.54) is 11.6 Å². The predicted octanol–water partition coefficient (Wildman–Crippen LogP) is 2.80. The van der Waals surface area contributed by atoms with Gasteiger partial charge in [-0.1, -0.05) is 43.3 Å². The van der Waals surface area contributed by atoms with Crippen LogP contribution < -0.4 is 15.6 Å². The lowest BCUT2D eigenvalue weighted by atomic mass is 10.1. The lowest BCUT2D eigenvalue weighted by Crippen LogP contribution is -2.28. The van der Waals surface area contributed by atoms with Crippen molar-refractivity contribution >= 4 is 16.8 Å². The Bertz CT molecular complexity index is 975. The van der Waals surface area contributed by atoms with Crippen LogP contribution in [0.4, 0.5) is 0 Å². The molecule has 134 valence electrons. The summed E-state index contributed by atoms with van der Waals surface area (Å²) in [7, 11) is 1.71. The molecule has 0 bridgehead atoms. The van der Waals surface area contributed by atoms with E-state index in [-0.39, 0.29) is 18.1 Å². The van der Waals surface area contributed by atoms with Crippen LogP contribution in [0.5, 0.6) is 5.75 Å². The van der Waals surface area contributed by atoms with Gasteiger partial charge < -0.3 is 14.6 Å². The van der Waals surface area contributed by atoms with Crippen molar-refractivity contribution in [3.05, 3.63) is 76.1 Å². The van der Waals surface area contributed by atoms with Gasteiger partial charge in [-0.3, -0.25) is 9.59 Å². The van der Waals surface area contributed by atoms with Gasteiger partial charge in [0.05, 0.1) is 5.52 Å². The van der Waals surface area contributed by atoms with Gasteiger partial charge in [0, 0.05) is 25.0 Å². The second-order valence-corrected chi connectivity index (χ2v) is 6.16. The van der Waals surface area contributed by atoms with Gasteiger partial charge >= 0.3 is 0 Å². The number of carbonyl (C=O) groups excluding carboxylic acids is 1. The second-order valence-electron chi connectivity index (χ2n) is 6.16. The highest BCUT2D eigenvalue weighted by Crippen LogP contribution is 2.22. The van der Waals surface area contributed by atoms with Crippen LogP contribution in [0.1, 0.15) is 18.1 Å². The molecule has 0 saturated heterocycles. The largest absolute Gasteiger partial charge is 0.483 e. The van der Waals surface area contributed by atoms with Gasteiger partial charge in [-0.25, -0.2) is 0 Å². The number of carbonyl (C=O) groups is 1. The van der Waals surface area contributed by atoms with Crippen LogP contribution in [0.15, 0.2) is 59.4 Å². The number of hydrogen-bond donors (Lipinski definition) is 1. The SMILES string of the molecule is CCc1ccc(CNC(=O)COc2cc(=O)n(C)c3ccccc23)cc1. The number of ether oxygens (including phenoxy) is 1. The van der Waals surface area contributed by atoms with E-state index >= 15 is 0 Å². The summed E-state index contributed by atoms with van der Waals surface area (Å²) in [5.41, 5.74) is 2.90. The Morgan fingerprint density at radius 1 is 1.08 bits per heavy atom. The third kappa shape index (κ3) is 3.94. The van der Waals surface area contributed by atoms with Crippen LogP contribution in [0.25, 0.3) is 10.9 Å². The number of aromatic nitrogens is 1. The van der Waals surface area contributed by atoms with E-state index in [4.69, 9.17) is 4.74 Å². The Morgan fingerprint density at radius 2 is 1.77 bits per heavy atom. The van der Waals surface area contributed by atoms with Crippen molar-refractivity contribution in [1.29, 1.82) is 0 Å². The fourth-order valence-corrected chi connectivity index (χ4v) is 2.79. The summed E-state index contributed by atoms with van der Waals surface area (Å²) >= 11 is 0. The van der Waals surface area contributed by atoms with Crippen molar-refractivity contribution in [2.24, 2.45) is 7.05 Å². The van der Waals surface area contributed by atoms with E-state index in [1.54, 1.807) is 11.6 Å². The first-order chi connectivity index (χ1) is 12.6. The number of rotatable bonds is 6. The van der Waals surface area contributed by atoms with Crippen molar-refractivity contribution in [2.75, 3.05) is 6.61 Å². The molecule has 1 heterocycles. The van der Waals surface area contributed by atoms with Crippen LogP contribution in [-0.4, -0.2) is 17.1 Å². The molecule has 0 aliphatic rings. The fraction of sp³-hybridized carbons (Fsp3) is 0.238. The molecule has 0 radical (unpaired) electrons. The average Bonchev–Trinajstić information content (AvgIpc) is 2.68. The van der Waals surface area contributed by atoms with Crippen LogP contribution in [0.2, 0.25) is 0 Å². The lowest BCUT2D eigenvalue weighted by Gasteiger charge is -2.12. The second kappa shape index (κ2) is 7.87. The smallest absolute Gasteiger partial charge is 0.258 e. The minimum atomic E-state index is -0.227. The molecule has 3 aromatic rings. The molecule has 5 heteroatoms. The third-order valence-electron chi connectivity index (χ3n) is 4.40. The van der Waals surface area contributed by atoms with Crippen molar-refractivity contribution < 1.29 is 9.53 Å². The van der Waals surface area contributed by atoms with Gasteiger partial charge in [0.15, 0.2) is 6.61 Å².